The molecule has 2 rings (SSSR count). The quantitative estimate of drug-likeness (QED) is 0.464. The lowest BCUT2D eigenvalue weighted by Crippen LogP contribution is -2.49. The average molecular weight is 358 g/mol. The highest BCUT2D eigenvalue weighted by Crippen LogP contribution is 2.41. The Labute approximate surface area is 148 Å². The zero-order valence-corrected chi connectivity index (χ0v) is 14.7. The van der Waals surface area contributed by atoms with Crippen LogP contribution in [0.2, 0.25) is 0 Å². The molecular weight excluding hydrogens is 344 g/mol. The number of rotatable bonds is 5. The molecule has 0 aliphatic rings. The molecule has 0 radical (unpaired) electrons. The Balaban J connectivity index is 2.62. The molecule has 7 heteroatoms. The van der Waals surface area contributed by atoms with Crippen molar-refractivity contribution in [3.63, 3.8) is 0 Å². The van der Waals surface area contributed by atoms with Gasteiger partial charge < -0.3 is 9.90 Å². The summed E-state index contributed by atoms with van der Waals surface area (Å²) in [6, 6.07) is 14.9. The molecule has 0 saturated carbocycles. The molecular formula is C17H14N2O3S2. The monoisotopic (exact) mass is 358 g/mol. The van der Waals surface area contributed by atoms with Crippen LogP contribution in [-0.4, -0.2) is 24.4 Å². The van der Waals surface area contributed by atoms with E-state index in [2.05, 4.69) is 0 Å². The molecule has 24 heavy (non-hydrogen) atoms. The fourth-order valence-corrected chi connectivity index (χ4v) is 3.93. The van der Waals surface area contributed by atoms with Crippen LogP contribution in [0, 0.1) is 11.3 Å². The number of hydrogen-bond acceptors (Lipinski definition) is 6. The molecule has 1 amide bonds. The summed E-state index contributed by atoms with van der Waals surface area (Å²) in [5, 5.41) is 20.8. The van der Waals surface area contributed by atoms with Gasteiger partial charge in [-0.25, -0.2) is 0 Å². The topological polar surface area (TPSA) is 81.0 Å². The van der Waals surface area contributed by atoms with E-state index in [9.17, 15) is 14.7 Å². The standard InChI is InChI=1S/C17H14N2O3S2/c1-23-19(24-2,17(21)22)15-9-4-3-8-14(15)16(20)13-7-5-6-12(10-13)11-18/h3-10H,1-2H3. The number of carboxylic acid groups (broad SMARTS) is 1. The molecule has 0 heterocycles. The molecule has 122 valence electrons. The van der Waals surface area contributed by atoms with Gasteiger partial charge in [0.15, 0.2) is 11.5 Å². The van der Waals surface area contributed by atoms with Crippen LogP contribution >= 0.6 is 23.9 Å². The van der Waals surface area contributed by atoms with Gasteiger partial charge in [-0.05, 0) is 18.2 Å². The van der Waals surface area contributed by atoms with Crippen LogP contribution in [0.15, 0.2) is 48.5 Å². The van der Waals surface area contributed by atoms with E-state index < -0.39 is 9.39 Å². The van der Waals surface area contributed by atoms with Gasteiger partial charge in [-0.3, -0.25) is 4.79 Å². The van der Waals surface area contributed by atoms with Gasteiger partial charge in [0, 0.05) is 24.1 Å². The number of amides is 1. The third-order valence-electron chi connectivity index (χ3n) is 3.47. The van der Waals surface area contributed by atoms with E-state index in [1.54, 1.807) is 55.0 Å². The number of quaternary nitrogens is 1. The average Bonchev–Trinajstić information content (AvgIpc) is 2.63. The van der Waals surface area contributed by atoms with Crippen molar-refractivity contribution in [3.8, 4) is 6.07 Å². The van der Waals surface area contributed by atoms with Gasteiger partial charge in [0.25, 0.3) is 6.09 Å². The smallest absolute Gasteiger partial charge is 0.287 e. The highest BCUT2D eigenvalue weighted by molar-refractivity contribution is 8.15. The van der Waals surface area contributed by atoms with Crippen LogP contribution in [0.5, 0.6) is 0 Å². The summed E-state index contributed by atoms with van der Waals surface area (Å²) in [4.78, 5) is 24.6. The molecule has 0 bridgehead atoms. The second-order valence-corrected chi connectivity index (χ2v) is 6.78. The van der Waals surface area contributed by atoms with E-state index in [4.69, 9.17) is 5.26 Å². The third kappa shape index (κ3) is 3.17. The van der Waals surface area contributed by atoms with Crippen molar-refractivity contribution in [3.05, 3.63) is 65.2 Å². The van der Waals surface area contributed by atoms with E-state index in [-0.39, 0.29) is 11.3 Å². The number of ketones is 1. The number of para-hydroxylation sites is 1. The number of carbonyl (C=O) groups is 2. The van der Waals surface area contributed by atoms with Crippen LogP contribution in [0.25, 0.3) is 0 Å². The van der Waals surface area contributed by atoms with Crippen molar-refractivity contribution in [2.75, 3.05) is 12.5 Å². The van der Waals surface area contributed by atoms with Crippen LogP contribution in [0.1, 0.15) is 21.5 Å². The van der Waals surface area contributed by atoms with Crippen molar-refractivity contribution in [2.45, 2.75) is 0 Å². The third-order valence-corrected chi connectivity index (χ3v) is 6.09. The predicted octanol–water partition coefficient (Wildman–Crippen LogP) is 3.00. The Morgan fingerprint density at radius 2 is 1.75 bits per heavy atom. The van der Waals surface area contributed by atoms with E-state index >= 15 is 0 Å². The SMILES string of the molecule is CS[N+](SC)(C(=O)[O-])c1ccccc1C(=O)c1cccc(C#N)c1. The summed E-state index contributed by atoms with van der Waals surface area (Å²) in [7, 11) is 0. The molecule has 0 saturated heterocycles. The Morgan fingerprint density at radius 1 is 1.08 bits per heavy atom. The van der Waals surface area contributed by atoms with Gasteiger partial charge in [-0.2, -0.15) is 5.26 Å². The Bertz CT molecular complexity index is 827. The van der Waals surface area contributed by atoms with E-state index in [1.165, 1.54) is 6.07 Å². The number of benzene rings is 2. The lowest BCUT2D eigenvalue weighted by atomic mass is 10.00. The molecule has 0 atom stereocenters. The maximum atomic E-state index is 12.9. The summed E-state index contributed by atoms with van der Waals surface area (Å²) in [5.74, 6) is -0.338. The highest BCUT2D eigenvalue weighted by Gasteiger charge is 2.38. The highest BCUT2D eigenvalue weighted by atomic mass is 32.2. The first kappa shape index (κ1) is 18.1. The maximum absolute atomic E-state index is 12.9. The van der Waals surface area contributed by atoms with E-state index in [0.717, 1.165) is 23.9 Å². The zero-order valence-electron chi connectivity index (χ0n) is 13.1. The van der Waals surface area contributed by atoms with Gasteiger partial charge >= 0.3 is 0 Å². The van der Waals surface area contributed by atoms with Gasteiger partial charge in [-0.1, -0.05) is 24.3 Å². The summed E-state index contributed by atoms with van der Waals surface area (Å²) in [6.07, 6.45) is 1.97. The molecule has 0 aliphatic carbocycles. The van der Waals surface area contributed by atoms with Crippen LogP contribution < -0.4 is 8.40 Å². The molecule has 2 aromatic carbocycles. The second kappa shape index (κ2) is 7.53. The van der Waals surface area contributed by atoms with Crippen LogP contribution in [0.4, 0.5) is 10.5 Å². The van der Waals surface area contributed by atoms with E-state index in [0.29, 0.717) is 16.8 Å². The number of nitriles is 1. The van der Waals surface area contributed by atoms with Gasteiger partial charge in [0.05, 0.1) is 41.1 Å². The number of carbonyl (C=O) groups excluding carboxylic acids is 2. The molecule has 0 N–H and O–H groups in total. The molecule has 2 aromatic rings. The second-order valence-electron chi connectivity index (χ2n) is 4.72. The lowest BCUT2D eigenvalue weighted by molar-refractivity contribution is -0.253. The summed E-state index contributed by atoms with van der Waals surface area (Å²) < 4.78 is -0.597. The van der Waals surface area contributed by atoms with Crippen molar-refractivity contribution in [1.29, 1.82) is 5.26 Å². The molecule has 5 nitrogen and oxygen atoms in total. The number of nitrogens with zero attached hydrogens (tertiary/aromatic N) is 2. The summed E-state index contributed by atoms with van der Waals surface area (Å²) in [5.41, 5.74) is 1.29. The van der Waals surface area contributed by atoms with Crippen LogP contribution in [-0.2, 0) is 0 Å². The van der Waals surface area contributed by atoms with Crippen molar-refractivity contribution >= 4 is 41.5 Å². The van der Waals surface area contributed by atoms with Crippen LogP contribution in [0.3, 0.4) is 0 Å². The van der Waals surface area contributed by atoms with Crippen molar-refractivity contribution in [1.82, 2.24) is 3.29 Å². The van der Waals surface area contributed by atoms with Crippen molar-refractivity contribution < 1.29 is 14.7 Å². The van der Waals surface area contributed by atoms with Crippen molar-refractivity contribution in [2.24, 2.45) is 0 Å². The number of hydrogen-bond donors (Lipinski definition) is 0. The zero-order chi connectivity index (χ0) is 17.7. The van der Waals surface area contributed by atoms with Gasteiger partial charge in [0.1, 0.15) is 0 Å². The maximum Gasteiger partial charge on any atom is 0.287 e. The normalized spacial score (nSPS) is 10.9. The first-order valence-corrected chi connectivity index (χ1v) is 9.23. The fourth-order valence-electron chi connectivity index (χ4n) is 2.33. The first-order valence-electron chi connectivity index (χ1n) is 6.86. The van der Waals surface area contributed by atoms with E-state index in [1.807, 2.05) is 6.07 Å². The molecule has 0 fully saturated rings. The largest absolute Gasteiger partial charge is 0.496 e. The lowest BCUT2D eigenvalue weighted by Gasteiger charge is -2.30. The fraction of sp³-hybridized carbons (Fsp3) is 0.118. The molecule has 0 unspecified atom stereocenters. The Kier molecular flexibility index (Phi) is 5.67. The summed E-state index contributed by atoms with van der Waals surface area (Å²) >= 11 is 2.09. The first-order chi connectivity index (χ1) is 11.5. The summed E-state index contributed by atoms with van der Waals surface area (Å²) in [6.45, 7) is 0. The minimum atomic E-state index is -1.32. The minimum Gasteiger partial charge on any atom is -0.496 e. The van der Waals surface area contributed by atoms with Gasteiger partial charge in [-0.15, -0.1) is 3.29 Å². The molecule has 0 spiro atoms. The minimum absolute atomic E-state index is 0.264. The molecule has 0 aromatic heterocycles. The van der Waals surface area contributed by atoms with Gasteiger partial charge in [0.2, 0.25) is 0 Å². The Hall–Kier alpha value is -2.27. The predicted molar refractivity (Wildman–Crippen MR) is 95.3 cm³/mol. The Morgan fingerprint density at radius 3 is 2.33 bits per heavy atom. The molecule has 0 aliphatic heterocycles.